The Balaban J connectivity index is 2.46. The fourth-order valence-electron chi connectivity index (χ4n) is 2.34. The fourth-order valence-corrected chi connectivity index (χ4v) is 3.27. The molecule has 0 unspecified atom stereocenters. The van der Waals surface area contributed by atoms with Crippen molar-refractivity contribution in [2.24, 2.45) is 11.8 Å². The molecule has 1 aliphatic carbocycles. The lowest BCUT2D eigenvalue weighted by Crippen LogP contribution is -2.32. The number of rotatable bonds is 4. The number of halogens is 2. The van der Waals surface area contributed by atoms with Gasteiger partial charge in [0.15, 0.2) is 0 Å². The summed E-state index contributed by atoms with van der Waals surface area (Å²) in [6.45, 7) is 1.46. The maximum Gasteiger partial charge on any atom is 0.265 e. The summed E-state index contributed by atoms with van der Waals surface area (Å²) in [6.07, 6.45) is 1.45. The van der Waals surface area contributed by atoms with Crippen LogP contribution >= 0.6 is 0 Å². The molecule has 0 aromatic heterocycles. The number of alkyl halides is 2. The molecule has 0 atom stereocenters. The van der Waals surface area contributed by atoms with E-state index in [-0.39, 0.29) is 18.1 Å². The van der Waals surface area contributed by atoms with Gasteiger partial charge in [-0.05, 0) is 31.6 Å². The molecular formula is C10H18F2O3S. The van der Waals surface area contributed by atoms with Crippen LogP contribution in [0.1, 0.15) is 39.0 Å². The van der Waals surface area contributed by atoms with E-state index in [9.17, 15) is 17.2 Å². The lowest BCUT2D eigenvalue weighted by molar-refractivity contribution is -0.0768. The standard InChI is InChI=1S/C10H18F2O3S/c1-2-10(11,12)9-5-3-8(4-6-9)7-16(13,14)15/h8-9H,2-7H2,1H3,(H,13,14,15). The van der Waals surface area contributed by atoms with Crippen molar-refractivity contribution in [2.45, 2.75) is 45.0 Å². The molecule has 96 valence electrons. The minimum absolute atomic E-state index is 0.166. The molecule has 1 saturated carbocycles. The maximum absolute atomic E-state index is 13.3. The Morgan fingerprint density at radius 1 is 1.25 bits per heavy atom. The molecule has 0 spiro atoms. The van der Waals surface area contributed by atoms with Gasteiger partial charge in [-0.2, -0.15) is 8.42 Å². The first kappa shape index (κ1) is 13.8. The van der Waals surface area contributed by atoms with Crippen molar-refractivity contribution in [3.05, 3.63) is 0 Å². The SMILES string of the molecule is CCC(F)(F)C1CCC(CS(=O)(=O)O)CC1. The molecule has 0 radical (unpaired) electrons. The highest BCUT2D eigenvalue weighted by molar-refractivity contribution is 7.85. The van der Waals surface area contributed by atoms with Crippen LogP contribution in [0.2, 0.25) is 0 Å². The summed E-state index contributed by atoms with van der Waals surface area (Å²) in [7, 11) is -3.97. The average Bonchev–Trinajstić information content (AvgIpc) is 2.16. The Hall–Kier alpha value is -0.230. The van der Waals surface area contributed by atoms with Gasteiger partial charge in [0, 0.05) is 12.3 Å². The Bertz CT molecular complexity index is 319. The van der Waals surface area contributed by atoms with Crippen molar-refractivity contribution >= 4 is 10.1 Å². The highest BCUT2D eigenvalue weighted by Gasteiger charge is 2.40. The van der Waals surface area contributed by atoms with Gasteiger partial charge < -0.3 is 0 Å². The summed E-state index contributed by atoms with van der Waals surface area (Å²) >= 11 is 0. The van der Waals surface area contributed by atoms with E-state index in [2.05, 4.69) is 0 Å². The van der Waals surface area contributed by atoms with Gasteiger partial charge in [-0.25, -0.2) is 8.78 Å². The monoisotopic (exact) mass is 256 g/mol. The Kier molecular flexibility index (Phi) is 4.29. The van der Waals surface area contributed by atoms with Crippen LogP contribution in [0.4, 0.5) is 8.78 Å². The highest BCUT2D eigenvalue weighted by Crippen LogP contribution is 2.40. The lowest BCUT2D eigenvalue weighted by Gasteiger charge is -2.32. The predicted octanol–water partition coefficient (Wildman–Crippen LogP) is 2.73. The van der Waals surface area contributed by atoms with Gasteiger partial charge >= 0.3 is 0 Å². The van der Waals surface area contributed by atoms with Gasteiger partial charge in [-0.3, -0.25) is 4.55 Å². The normalized spacial score (nSPS) is 28.0. The summed E-state index contributed by atoms with van der Waals surface area (Å²) in [4.78, 5) is 0. The van der Waals surface area contributed by atoms with Crippen molar-refractivity contribution in [2.75, 3.05) is 5.75 Å². The van der Waals surface area contributed by atoms with Crippen molar-refractivity contribution < 1.29 is 21.8 Å². The molecule has 0 heterocycles. The zero-order valence-corrected chi connectivity index (χ0v) is 10.1. The van der Waals surface area contributed by atoms with E-state index in [1.54, 1.807) is 0 Å². The van der Waals surface area contributed by atoms with Crippen molar-refractivity contribution in [1.29, 1.82) is 0 Å². The largest absolute Gasteiger partial charge is 0.286 e. The Labute approximate surface area is 95.0 Å². The van der Waals surface area contributed by atoms with Crippen LogP contribution in [0.25, 0.3) is 0 Å². The van der Waals surface area contributed by atoms with Gasteiger partial charge in [0.25, 0.3) is 16.0 Å². The fraction of sp³-hybridized carbons (Fsp3) is 1.00. The summed E-state index contributed by atoms with van der Waals surface area (Å²) in [5.74, 6) is -3.73. The number of hydrogen-bond donors (Lipinski definition) is 1. The molecule has 1 aliphatic rings. The molecule has 1 rings (SSSR count). The minimum atomic E-state index is -3.97. The summed E-state index contributed by atoms with van der Waals surface area (Å²) in [5.41, 5.74) is 0. The van der Waals surface area contributed by atoms with E-state index in [0.29, 0.717) is 25.7 Å². The topological polar surface area (TPSA) is 54.4 Å². The van der Waals surface area contributed by atoms with E-state index < -0.39 is 22.0 Å². The third-order valence-electron chi connectivity index (χ3n) is 3.36. The zero-order valence-electron chi connectivity index (χ0n) is 9.33. The molecule has 1 N–H and O–H groups in total. The lowest BCUT2D eigenvalue weighted by atomic mass is 9.79. The van der Waals surface area contributed by atoms with Crippen molar-refractivity contribution in [1.82, 2.24) is 0 Å². The first-order valence-electron chi connectivity index (χ1n) is 5.57. The van der Waals surface area contributed by atoms with Crippen LogP contribution in [-0.4, -0.2) is 24.6 Å². The molecule has 1 fully saturated rings. The molecule has 0 amide bonds. The van der Waals surface area contributed by atoms with Gasteiger partial charge in [-0.15, -0.1) is 0 Å². The van der Waals surface area contributed by atoms with Crippen LogP contribution in [-0.2, 0) is 10.1 Å². The molecule has 0 bridgehead atoms. The summed E-state index contributed by atoms with van der Waals surface area (Å²) < 4.78 is 56.6. The molecule has 6 heteroatoms. The predicted molar refractivity (Wildman–Crippen MR) is 57.1 cm³/mol. The molecule has 0 aromatic carbocycles. The van der Waals surface area contributed by atoms with Gasteiger partial charge in [0.2, 0.25) is 0 Å². The molecule has 0 aliphatic heterocycles. The minimum Gasteiger partial charge on any atom is -0.286 e. The van der Waals surface area contributed by atoms with Gasteiger partial charge in [0.1, 0.15) is 0 Å². The van der Waals surface area contributed by atoms with Crippen LogP contribution < -0.4 is 0 Å². The Morgan fingerprint density at radius 2 is 1.75 bits per heavy atom. The highest BCUT2D eigenvalue weighted by atomic mass is 32.2. The second-order valence-electron chi connectivity index (χ2n) is 4.58. The van der Waals surface area contributed by atoms with E-state index in [0.717, 1.165) is 0 Å². The molecule has 16 heavy (non-hydrogen) atoms. The van der Waals surface area contributed by atoms with E-state index in [1.165, 1.54) is 6.92 Å². The number of hydrogen-bond acceptors (Lipinski definition) is 2. The van der Waals surface area contributed by atoms with Gasteiger partial charge in [0.05, 0.1) is 5.75 Å². The smallest absolute Gasteiger partial charge is 0.265 e. The molecule has 0 saturated heterocycles. The van der Waals surface area contributed by atoms with Crippen LogP contribution in [0, 0.1) is 11.8 Å². The summed E-state index contributed by atoms with van der Waals surface area (Å²) in [6, 6.07) is 0. The third kappa shape index (κ3) is 3.97. The zero-order chi connectivity index (χ0) is 12.4. The quantitative estimate of drug-likeness (QED) is 0.787. The average molecular weight is 256 g/mol. The first-order valence-corrected chi connectivity index (χ1v) is 7.18. The first-order chi connectivity index (χ1) is 7.24. The second kappa shape index (κ2) is 4.96. The van der Waals surface area contributed by atoms with Crippen molar-refractivity contribution in [3.8, 4) is 0 Å². The van der Waals surface area contributed by atoms with E-state index in [4.69, 9.17) is 4.55 Å². The van der Waals surface area contributed by atoms with Gasteiger partial charge in [-0.1, -0.05) is 6.92 Å². The van der Waals surface area contributed by atoms with Crippen molar-refractivity contribution in [3.63, 3.8) is 0 Å². The van der Waals surface area contributed by atoms with Crippen LogP contribution in [0.3, 0.4) is 0 Å². The second-order valence-corrected chi connectivity index (χ2v) is 6.08. The van der Waals surface area contributed by atoms with E-state index in [1.807, 2.05) is 0 Å². The Morgan fingerprint density at radius 3 is 2.12 bits per heavy atom. The van der Waals surface area contributed by atoms with Crippen LogP contribution in [0.5, 0.6) is 0 Å². The van der Waals surface area contributed by atoms with E-state index >= 15 is 0 Å². The summed E-state index contributed by atoms with van der Waals surface area (Å²) in [5, 5.41) is 0. The van der Waals surface area contributed by atoms with Crippen LogP contribution in [0.15, 0.2) is 0 Å². The molecule has 3 nitrogen and oxygen atoms in total. The maximum atomic E-state index is 13.3. The third-order valence-corrected chi connectivity index (χ3v) is 4.25. The molecular weight excluding hydrogens is 238 g/mol. The molecule has 0 aromatic rings.